The van der Waals surface area contributed by atoms with E-state index in [0.717, 1.165) is 12.1 Å². The van der Waals surface area contributed by atoms with Crippen molar-refractivity contribution in [2.24, 2.45) is 7.05 Å². The van der Waals surface area contributed by atoms with Crippen molar-refractivity contribution in [3.8, 4) is 28.4 Å². The number of rotatable bonds is 8. The van der Waals surface area contributed by atoms with Gasteiger partial charge in [0, 0.05) is 18.8 Å². The average Bonchev–Trinajstić information content (AvgIpc) is 2.83. The first kappa shape index (κ1) is 27.9. The predicted octanol–water partition coefficient (Wildman–Crippen LogP) is 4.31. The Morgan fingerprint density at radius 3 is 2.39 bits per heavy atom. The van der Waals surface area contributed by atoms with Crippen LogP contribution >= 0.6 is 0 Å². The van der Waals surface area contributed by atoms with Gasteiger partial charge in [-0.25, -0.2) is 4.79 Å². The molecule has 202 valence electrons. The van der Waals surface area contributed by atoms with Gasteiger partial charge in [0.2, 0.25) is 0 Å². The fraction of sp³-hybridized carbons (Fsp3) is 0.240. The number of methoxy groups -OCH3 is 1. The smallest absolute Gasteiger partial charge is 0.505 e. The molecule has 0 saturated carbocycles. The van der Waals surface area contributed by atoms with E-state index in [1.807, 2.05) is 0 Å². The number of nitrogens with one attached hydrogen (secondary N) is 2. The summed E-state index contributed by atoms with van der Waals surface area (Å²) >= 11 is 0. The number of anilines is 1. The highest BCUT2D eigenvalue weighted by Crippen LogP contribution is 2.33. The van der Waals surface area contributed by atoms with Crippen molar-refractivity contribution in [3.05, 3.63) is 70.1 Å². The van der Waals surface area contributed by atoms with Gasteiger partial charge in [-0.1, -0.05) is 12.1 Å². The molecule has 0 radical (unpaired) electrons. The highest BCUT2D eigenvalue weighted by atomic mass is 19.4. The fourth-order valence-electron chi connectivity index (χ4n) is 3.64. The molecule has 0 spiro atoms. The van der Waals surface area contributed by atoms with Crippen LogP contribution in [0.15, 0.2) is 53.3 Å². The van der Waals surface area contributed by atoms with Crippen molar-refractivity contribution in [2.75, 3.05) is 12.4 Å². The molecule has 0 bridgehead atoms. The van der Waals surface area contributed by atoms with Crippen LogP contribution in [-0.4, -0.2) is 40.3 Å². The SMILES string of the molecule is COc1cc(-c2cccc(OC(F)(F)F)c2)cc(C(CC(=O)O)NC(=O)Nc2c(O)cc(C)n(C)c2=O)c1. The number of amides is 2. The highest BCUT2D eigenvalue weighted by molar-refractivity contribution is 5.91. The number of carbonyl (C=O) groups excluding carboxylic acids is 1. The summed E-state index contributed by atoms with van der Waals surface area (Å²) < 4.78 is 48.5. The van der Waals surface area contributed by atoms with Crippen LogP contribution in [0.25, 0.3) is 11.1 Å². The molecular formula is C25H24F3N3O7. The zero-order valence-electron chi connectivity index (χ0n) is 20.4. The number of aromatic hydroxyl groups is 1. The van der Waals surface area contributed by atoms with Gasteiger partial charge in [0.05, 0.1) is 19.6 Å². The Balaban J connectivity index is 1.96. The molecule has 3 aromatic rings. The van der Waals surface area contributed by atoms with Crippen molar-refractivity contribution < 1.29 is 42.4 Å². The third-order valence-corrected chi connectivity index (χ3v) is 5.54. The maximum absolute atomic E-state index is 12.7. The lowest BCUT2D eigenvalue weighted by Crippen LogP contribution is -2.36. The van der Waals surface area contributed by atoms with Crippen LogP contribution in [0.4, 0.5) is 23.7 Å². The molecule has 10 nitrogen and oxygen atoms in total. The Hall–Kier alpha value is -4.68. The number of urea groups is 1. The van der Waals surface area contributed by atoms with Crippen LogP contribution in [0.1, 0.15) is 23.7 Å². The van der Waals surface area contributed by atoms with Crippen LogP contribution < -0.4 is 25.7 Å². The molecule has 2 aromatic carbocycles. The summed E-state index contributed by atoms with van der Waals surface area (Å²) in [4.78, 5) is 36.8. The second-order valence-electron chi connectivity index (χ2n) is 8.23. The number of benzene rings is 2. The van der Waals surface area contributed by atoms with E-state index in [-0.39, 0.29) is 11.3 Å². The quantitative estimate of drug-likeness (QED) is 0.337. The molecule has 38 heavy (non-hydrogen) atoms. The minimum absolute atomic E-state index is 0.238. The number of carboxylic acids is 1. The zero-order valence-corrected chi connectivity index (χ0v) is 20.4. The van der Waals surface area contributed by atoms with Crippen LogP contribution in [0.5, 0.6) is 17.2 Å². The first-order chi connectivity index (χ1) is 17.8. The molecule has 1 unspecified atom stereocenters. The monoisotopic (exact) mass is 535 g/mol. The third kappa shape index (κ3) is 6.96. The lowest BCUT2D eigenvalue weighted by Gasteiger charge is -2.20. The minimum atomic E-state index is -4.89. The van der Waals surface area contributed by atoms with Crippen molar-refractivity contribution in [2.45, 2.75) is 25.7 Å². The molecule has 0 saturated heterocycles. The molecule has 0 fully saturated rings. The summed E-state index contributed by atoms with van der Waals surface area (Å²) in [6, 6.07) is 8.73. The van der Waals surface area contributed by atoms with Crippen molar-refractivity contribution in [1.82, 2.24) is 9.88 Å². The summed E-state index contributed by atoms with van der Waals surface area (Å²) in [5.41, 5.74) is 0.263. The first-order valence-electron chi connectivity index (χ1n) is 11.0. The largest absolute Gasteiger partial charge is 0.573 e. The van der Waals surface area contributed by atoms with Gasteiger partial charge in [0.25, 0.3) is 5.56 Å². The molecule has 2 amide bonds. The van der Waals surface area contributed by atoms with Crippen LogP contribution in [0.3, 0.4) is 0 Å². The zero-order chi connectivity index (χ0) is 28.2. The van der Waals surface area contributed by atoms with Crippen molar-refractivity contribution in [1.29, 1.82) is 0 Å². The van der Waals surface area contributed by atoms with Crippen molar-refractivity contribution in [3.63, 3.8) is 0 Å². The molecule has 3 rings (SSSR count). The number of hydrogen-bond donors (Lipinski definition) is 4. The van der Waals surface area contributed by atoms with E-state index < -0.39 is 53.6 Å². The van der Waals surface area contributed by atoms with E-state index in [4.69, 9.17) is 4.74 Å². The number of alkyl halides is 3. The third-order valence-electron chi connectivity index (χ3n) is 5.54. The van der Waals surface area contributed by atoms with E-state index in [2.05, 4.69) is 15.4 Å². The number of halogens is 3. The van der Waals surface area contributed by atoms with Gasteiger partial charge in [0.15, 0.2) is 5.69 Å². The Labute approximate surface area is 214 Å². The first-order valence-corrected chi connectivity index (χ1v) is 11.0. The number of pyridine rings is 1. The number of ether oxygens (including phenoxy) is 2. The van der Waals surface area contributed by atoms with E-state index in [0.29, 0.717) is 16.8 Å². The second kappa shape index (κ2) is 11.2. The number of hydrogen-bond acceptors (Lipinski definition) is 6. The number of carboxylic acid groups (broad SMARTS) is 1. The molecule has 1 aromatic heterocycles. The predicted molar refractivity (Wildman–Crippen MR) is 130 cm³/mol. The summed E-state index contributed by atoms with van der Waals surface area (Å²) in [7, 11) is 2.79. The van der Waals surface area contributed by atoms with Crippen LogP contribution in [0.2, 0.25) is 0 Å². The molecule has 0 aliphatic heterocycles. The number of aliphatic carboxylic acids is 1. The minimum Gasteiger partial charge on any atom is -0.505 e. The van der Waals surface area contributed by atoms with Gasteiger partial charge >= 0.3 is 18.4 Å². The van der Waals surface area contributed by atoms with Gasteiger partial charge in [-0.05, 0) is 53.9 Å². The maximum Gasteiger partial charge on any atom is 0.573 e. The molecule has 0 aliphatic carbocycles. The summed E-state index contributed by atoms with van der Waals surface area (Å²) in [5, 5.41) is 24.3. The highest BCUT2D eigenvalue weighted by Gasteiger charge is 2.31. The molecule has 1 heterocycles. The summed E-state index contributed by atoms with van der Waals surface area (Å²) in [6.07, 6.45) is -5.48. The van der Waals surface area contributed by atoms with Gasteiger partial charge < -0.3 is 34.9 Å². The van der Waals surface area contributed by atoms with Gasteiger partial charge in [0.1, 0.15) is 17.2 Å². The Morgan fingerprint density at radius 2 is 1.76 bits per heavy atom. The van der Waals surface area contributed by atoms with Crippen LogP contribution in [-0.2, 0) is 11.8 Å². The molecular weight excluding hydrogens is 511 g/mol. The molecule has 1 atom stereocenters. The summed E-state index contributed by atoms with van der Waals surface area (Å²) in [6.45, 7) is 1.58. The van der Waals surface area contributed by atoms with E-state index in [1.165, 1.54) is 55.1 Å². The number of aromatic nitrogens is 1. The lowest BCUT2D eigenvalue weighted by atomic mass is 9.97. The lowest BCUT2D eigenvalue weighted by molar-refractivity contribution is -0.274. The summed E-state index contributed by atoms with van der Waals surface area (Å²) in [5.74, 6) is -1.96. The Morgan fingerprint density at radius 1 is 1.08 bits per heavy atom. The molecule has 4 N–H and O–H groups in total. The number of carbonyl (C=O) groups is 2. The van der Waals surface area contributed by atoms with Gasteiger partial charge in [-0.3, -0.25) is 9.59 Å². The number of nitrogens with zero attached hydrogens (tertiary/aromatic N) is 1. The van der Waals surface area contributed by atoms with E-state index >= 15 is 0 Å². The normalized spacial score (nSPS) is 11.9. The van der Waals surface area contributed by atoms with Crippen molar-refractivity contribution >= 4 is 17.7 Å². The van der Waals surface area contributed by atoms with E-state index in [1.54, 1.807) is 6.92 Å². The fourth-order valence-corrected chi connectivity index (χ4v) is 3.64. The standard InChI is InChI=1S/C25H24F3N3O7/c1-13-7-20(32)22(23(35)31(13)2)30-24(36)29-19(12-21(33)34)16-8-15(10-18(11-16)37-3)14-5-4-6-17(9-14)38-25(26,27)28/h4-11,19,32H,12H2,1-3H3,(H,33,34)(H2,29,30,36). The second-order valence-corrected chi connectivity index (χ2v) is 8.23. The molecule has 0 aliphatic rings. The average molecular weight is 535 g/mol. The van der Waals surface area contributed by atoms with E-state index in [9.17, 15) is 37.8 Å². The van der Waals surface area contributed by atoms with Gasteiger partial charge in [-0.2, -0.15) is 0 Å². The van der Waals surface area contributed by atoms with Crippen LogP contribution in [0, 0.1) is 6.92 Å². The maximum atomic E-state index is 12.7. The molecule has 13 heteroatoms. The Kier molecular flexibility index (Phi) is 8.19. The topological polar surface area (TPSA) is 139 Å². The number of aryl methyl sites for hydroxylation is 1. The van der Waals surface area contributed by atoms with Gasteiger partial charge in [-0.15, -0.1) is 13.2 Å². The Bertz CT molecular complexity index is 1420.